The van der Waals surface area contributed by atoms with Crippen LogP contribution in [0.3, 0.4) is 0 Å². The van der Waals surface area contributed by atoms with Crippen LogP contribution in [0, 0.1) is 13.8 Å². The van der Waals surface area contributed by atoms with Crippen molar-refractivity contribution in [3.8, 4) is 0 Å². The molecule has 21 heavy (non-hydrogen) atoms. The van der Waals surface area contributed by atoms with E-state index in [1.54, 1.807) is 14.1 Å². The van der Waals surface area contributed by atoms with Crippen LogP contribution in [-0.2, 0) is 26.2 Å². The van der Waals surface area contributed by atoms with Crippen molar-refractivity contribution >= 4 is 0 Å². The topological polar surface area (TPSA) is 28.2 Å². The molecule has 0 atom stereocenters. The Kier molecular flexibility index (Phi) is 26.4. The van der Waals surface area contributed by atoms with Gasteiger partial charge in [-0.3, -0.25) is 0 Å². The van der Waals surface area contributed by atoms with Crippen molar-refractivity contribution < 1.29 is 26.2 Å². The summed E-state index contributed by atoms with van der Waals surface area (Å²) in [6, 6.07) is 16.5. The van der Waals surface area contributed by atoms with E-state index < -0.39 is 0 Å². The van der Waals surface area contributed by atoms with Crippen molar-refractivity contribution in [2.45, 2.75) is 27.7 Å². The molecule has 0 bridgehead atoms. The zero-order chi connectivity index (χ0) is 15.6. The van der Waals surface area contributed by atoms with E-state index in [0.717, 1.165) is 13.1 Å². The van der Waals surface area contributed by atoms with Crippen LogP contribution < -0.4 is 0 Å². The average molecular weight is 366 g/mol. The number of hydrogen-bond acceptors (Lipinski definition) is 0. The Labute approximate surface area is 151 Å². The summed E-state index contributed by atoms with van der Waals surface area (Å²) in [5, 5.41) is 7.47. The minimum absolute atomic E-state index is 0. The second-order valence-electron chi connectivity index (χ2n) is 4.19. The first-order chi connectivity index (χ1) is 9.62. The van der Waals surface area contributed by atoms with Crippen molar-refractivity contribution in [3.05, 3.63) is 70.3 Å². The number of nitrogens with zero attached hydrogens (tertiary/aromatic N) is 2. The Morgan fingerprint density at radius 2 is 0.857 bits per heavy atom. The monoisotopic (exact) mass is 364 g/mol. The van der Waals surface area contributed by atoms with E-state index in [2.05, 4.69) is 48.7 Å². The molecule has 0 unspecified atom stereocenters. The third-order valence-electron chi connectivity index (χ3n) is 2.29. The van der Waals surface area contributed by atoms with Crippen molar-refractivity contribution in [2.75, 3.05) is 27.2 Å². The summed E-state index contributed by atoms with van der Waals surface area (Å²) in [5.41, 5.74) is 2.69. The van der Waals surface area contributed by atoms with Gasteiger partial charge >= 0.3 is 26.2 Å². The first-order valence-corrected chi connectivity index (χ1v) is 7.10. The van der Waals surface area contributed by atoms with Gasteiger partial charge in [-0.25, -0.2) is 24.3 Å². The van der Waals surface area contributed by atoms with Crippen molar-refractivity contribution in [2.24, 2.45) is 0 Å². The Bertz CT molecular complexity index is 299. The van der Waals surface area contributed by atoms with E-state index in [1.807, 2.05) is 38.1 Å². The summed E-state index contributed by atoms with van der Waals surface area (Å²) in [6.45, 7) is 10.1. The fourth-order valence-corrected chi connectivity index (χ4v) is 0.940. The molecule has 2 rings (SSSR count). The van der Waals surface area contributed by atoms with Crippen LogP contribution in [0.25, 0.3) is 10.6 Å². The summed E-state index contributed by atoms with van der Waals surface area (Å²) in [6.07, 6.45) is 0. The minimum atomic E-state index is 0. The van der Waals surface area contributed by atoms with E-state index in [1.165, 1.54) is 11.1 Å². The fourth-order valence-electron chi connectivity index (χ4n) is 0.940. The molecule has 0 fully saturated rings. The molecule has 0 aliphatic carbocycles. The van der Waals surface area contributed by atoms with Gasteiger partial charge in [0.2, 0.25) is 0 Å². The molecule has 2 aromatic carbocycles. The van der Waals surface area contributed by atoms with E-state index in [-0.39, 0.29) is 26.2 Å². The molecule has 0 N–H and O–H groups in total. The fraction of sp³-hybridized carbons (Fsp3) is 0.444. The molecule has 0 saturated heterocycles. The molecule has 0 aromatic heterocycles. The summed E-state index contributed by atoms with van der Waals surface area (Å²) in [7, 11) is 3.61. The zero-order valence-electron chi connectivity index (χ0n) is 14.4. The Balaban J connectivity index is -0.000000208. The molecule has 3 heteroatoms. The van der Waals surface area contributed by atoms with Gasteiger partial charge in [-0.15, -0.1) is 0 Å². The Morgan fingerprint density at radius 3 is 0.905 bits per heavy atom. The largest absolute Gasteiger partial charge is 4.00 e. The SMILES string of the molecule is CC[N-]C.CC[N-]C.C[c-]1cccc1.C[c-]1cccc1.[Zr+4]. The van der Waals surface area contributed by atoms with Crippen LogP contribution in [0.2, 0.25) is 0 Å². The number of hydrogen-bond donors (Lipinski definition) is 0. The summed E-state index contributed by atoms with van der Waals surface area (Å²) in [5.74, 6) is 0. The Hall–Kier alpha value is -0.497. The van der Waals surface area contributed by atoms with Gasteiger partial charge in [0.15, 0.2) is 0 Å². The molecule has 0 spiro atoms. The van der Waals surface area contributed by atoms with Gasteiger partial charge in [0.25, 0.3) is 0 Å². The van der Waals surface area contributed by atoms with Gasteiger partial charge < -0.3 is 10.6 Å². The van der Waals surface area contributed by atoms with Gasteiger partial charge in [0.05, 0.1) is 0 Å². The Morgan fingerprint density at radius 1 is 0.667 bits per heavy atom. The first-order valence-electron chi connectivity index (χ1n) is 7.10. The van der Waals surface area contributed by atoms with Gasteiger partial charge in [0.1, 0.15) is 0 Å². The molecule has 0 aliphatic rings. The normalized spacial score (nSPS) is 7.90. The van der Waals surface area contributed by atoms with Crippen LogP contribution >= 0.6 is 0 Å². The number of aryl methyl sites for hydroxylation is 2. The van der Waals surface area contributed by atoms with E-state index in [9.17, 15) is 0 Å². The van der Waals surface area contributed by atoms with Crippen LogP contribution in [0.15, 0.2) is 48.5 Å². The molecule has 0 radical (unpaired) electrons. The van der Waals surface area contributed by atoms with Crippen LogP contribution in [-0.4, -0.2) is 27.2 Å². The van der Waals surface area contributed by atoms with Gasteiger partial charge in [-0.2, -0.15) is 62.6 Å². The van der Waals surface area contributed by atoms with Gasteiger partial charge in [-0.05, 0) is 0 Å². The minimum Gasteiger partial charge on any atom is -0.665 e. The van der Waals surface area contributed by atoms with E-state index >= 15 is 0 Å². The molecule has 0 heterocycles. The quantitative estimate of drug-likeness (QED) is 0.634. The molecule has 0 amide bonds. The van der Waals surface area contributed by atoms with E-state index in [4.69, 9.17) is 0 Å². The van der Waals surface area contributed by atoms with Crippen LogP contribution in [0.1, 0.15) is 25.0 Å². The second-order valence-corrected chi connectivity index (χ2v) is 4.19. The van der Waals surface area contributed by atoms with Crippen molar-refractivity contribution in [1.82, 2.24) is 0 Å². The standard InChI is InChI=1S/2C6H7.2C3H8N.Zr/c2*1-6-4-2-3-5-6;2*1-3-4-2;/h2*2-5H,1H3;2*3H2,1-2H3;/q4*-1;+4. The maximum atomic E-state index is 3.74. The molecular weight excluding hydrogens is 335 g/mol. The van der Waals surface area contributed by atoms with Crippen LogP contribution in [0.4, 0.5) is 0 Å². The summed E-state index contributed by atoms with van der Waals surface area (Å²) in [4.78, 5) is 0. The maximum Gasteiger partial charge on any atom is 4.00 e. The number of rotatable bonds is 2. The van der Waals surface area contributed by atoms with Gasteiger partial charge in [-0.1, -0.05) is 27.7 Å². The molecule has 2 nitrogen and oxygen atoms in total. The first kappa shape index (κ1) is 25.5. The molecule has 0 saturated carbocycles. The zero-order valence-corrected chi connectivity index (χ0v) is 16.9. The molecule has 2 aromatic rings. The average Bonchev–Trinajstić information content (AvgIpc) is 3.13. The predicted molar refractivity (Wildman–Crippen MR) is 93.2 cm³/mol. The van der Waals surface area contributed by atoms with Crippen molar-refractivity contribution in [1.29, 1.82) is 0 Å². The predicted octanol–water partition coefficient (Wildman–Crippen LogP) is 5.44. The summed E-state index contributed by atoms with van der Waals surface area (Å²) < 4.78 is 0. The molecule has 116 valence electrons. The molecular formula is C18H30N2Zr. The third-order valence-corrected chi connectivity index (χ3v) is 2.29. The smallest absolute Gasteiger partial charge is 0.665 e. The maximum absolute atomic E-state index is 3.74. The molecule has 0 aliphatic heterocycles. The van der Waals surface area contributed by atoms with Crippen LogP contribution in [0.5, 0.6) is 0 Å². The van der Waals surface area contributed by atoms with Gasteiger partial charge in [0, 0.05) is 0 Å². The van der Waals surface area contributed by atoms with E-state index in [0.29, 0.717) is 0 Å². The second kappa shape index (κ2) is 21.8. The van der Waals surface area contributed by atoms with Crippen molar-refractivity contribution in [3.63, 3.8) is 0 Å². The summed E-state index contributed by atoms with van der Waals surface area (Å²) >= 11 is 0. The third kappa shape index (κ3) is 24.9.